The van der Waals surface area contributed by atoms with Crippen LogP contribution in [0.5, 0.6) is 0 Å². The molecule has 0 bridgehead atoms. The van der Waals surface area contributed by atoms with Crippen molar-refractivity contribution >= 4 is 22.0 Å². The molecule has 0 aliphatic rings. The molecule has 0 fully saturated rings. The zero-order chi connectivity index (χ0) is 13.4. The second-order valence-corrected chi connectivity index (χ2v) is 4.66. The molecule has 2 amide bonds. The van der Waals surface area contributed by atoms with Gasteiger partial charge in [0.1, 0.15) is 0 Å². The van der Waals surface area contributed by atoms with E-state index in [-0.39, 0.29) is 12.6 Å². The van der Waals surface area contributed by atoms with Gasteiger partial charge in [0.15, 0.2) is 0 Å². The molecular formula is C13H17BrN2O2. The molecule has 0 saturated carbocycles. The van der Waals surface area contributed by atoms with E-state index in [1.807, 2.05) is 24.3 Å². The van der Waals surface area contributed by atoms with Crippen LogP contribution >= 0.6 is 15.9 Å². The molecule has 0 aromatic heterocycles. The molecule has 18 heavy (non-hydrogen) atoms. The number of amides is 2. The summed E-state index contributed by atoms with van der Waals surface area (Å²) in [5.41, 5.74) is 1.02. The van der Waals surface area contributed by atoms with Gasteiger partial charge in [0.05, 0.1) is 6.61 Å². The van der Waals surface area contributed by atoms with Crippen molar-refractivity contribution in [1.82, 2.24) is 10.2 Å². The van der Waals surface area contributed by atoms with Crippen LogP contribution in [0.3, 0.4) is 0 Å². The summed E-state index contributed by atoms with van der Waals surface area (Å²) in [6, 6.07) is 7.53. The summed E-state index contributed by atoms with van der Waals surface area (Å²) in [7, 11) is 0. The van der Waals surface area contributed by atoms with E-state index in [4.69, 9.17) is 5.11 Å². The van der Waals surface area contributed by atoms with Gasteiger partial charge in [-0.25, -0.2) is 4.79 Å². The number of nitrogens with one attached hydrogen (secondary N) is 1. The Bertz CT molecular complexity index is 392. The third kappa shape index (κ3) is 4.89. The van der Waals surface area contributed by atoms with E-state index in [1.54, 1.807) is 6.08 Å². The van der Waals surface area contributed by atoms with E-state index in [0.29, 0.717) is 19.6 Å². The standard InChI is InChI=1S/C13H17BrN2O2/c1-2-7-16(8-9-17)13(18)15-10-11-3-5-12(14)6-4-11/h2-6,17H,1,7-10H2,(H,15,18). The molecule has 1 rings (SSSR count). The van der Waals surface area contributed by atoms with Gasteiger partial charge < -0.3 is 15.3 Å². The smallest absolute Gasteiger partial charge is 0.318 e. The third-order valence-corrected chi connectivity index (χ3v) is 2.89. The summed E-state index contributed by atoms with van der Waals surface area (Å²) in [5, 5.41) is 11.7. The summed E-state index contributed by atoms with van der Waals surface area (Å²) < 4.78 is 1.01. The number of hydrogen-bond acceptors (Lipinski definition) is 2. The number of nitrogens with zero attached hydrogens (tertiary/aromatic N) is 1. The fraction of sp³-hybridized carbons (Fsp3) is 0.308. The second-order valence-electron chi connectivity index (χ2n) is 3.74. The van der Waals surface area contributed by atoms with Gasteiger partial charge in [0.25, 0.3) is 0 Å². The molecule has 0 radical (unpaired) electrons. The van der Waals surface area contributed by atoms with Crippen LogP contribution in [0.2, 0.25) is 0 Å². The lowest BCUT2D eigenvalue weighted by Gasteiger charge is -2.20. The quantitative estimate of drug-likeness (QED) is 0.791. The highest BCUT2D eigenvalue weighted by Gasteiger charge is 2.10. The Labute approximate surface area is 115 Å². The zero-order valence-electron chi connectivity index (χ0n) is 10.1. The monoisotopic (exact) mass is 312 g/mol. The fourth-order valence-electron chi connectivity index (χ4n) is 1.44. The van der Waals surface area contributed by atoms with E-state index in [9.17, 15) is 4.79 Å². The van der Waals surface area contributed by atoms with Crippen LogP contribution in [-0.4, -0.2) is 35.7 Å². The van der Waals surface area contributed by atoms with Gasteiger partial charge in [0.2, 0.25) is 0 Å². The SMILES string of the molecule is C=CCN(CCO)C(=O)NCc1ccc(Br)cc1. The predicted octanol–water partition coefficient (Wildman–Crippen LogP) is 2.14. The number of aliphatic hydroxyl groups excluding tert-OH is 1. The topological polar surface area (TPSA) is 52.6 Å². The molecule has 0 saturated heterocycles. The largest absolute Gasteiger partial charge is 0.395 e. The Morgan fingerprint density at radius 1 is 1.44 bits per heavy atom. The summed E-state index contributed by atoms with van der Waals surface area (Å²) >= 11 is 3.36. The van der Waals surface area contributed by atoms with Crippen molar-refractivity contribution in [3.63, 3.8) is 0 Å². The van der Waals surface area contributed by atoms with Crippen molar-refractivity contribution in [2.45, 2.75) is 6.54 Å². The number of halogens is 1. The molecule has 0 spiro atoms. The summed E-state index contributed by atoms with van der Waals surface area (Å²) in [5.74, 6) is 0. The van der Waals surface area contributed by atoms with Gasteiger partial charge in [-0.15, -0.1) is 6.58 Å². The highest BCUT2D eigenvalue weighted by atomic mass is 79.9. The summed E-state index contributed by atoms with van der Waals surface area (Å²) in [6.07, 6.45) is 1.63. The molecule has 2 N–H and O–H groups in total. The minimum Gasteiger partial charge on any atom is -0.395 e. The van der Waals surface area contributed by atoms with Gasteiger partial charge >= 0.3 is 6.03 Å². The highest BCUT2D eigenvalue weighted by Crippen LogP contribution is 2.10. The van der Waals surface area contributed by atoms with Gasteiger partial charge in [0, 0.05) is 24.1 Å². The molecule has 4 nitrogen and oxygen atoms in total. The molecule has 5 heteroatoms. The minimum absolute atomic E-state index is 0.0560. The molecule has 0 heterocycles. The van der Waals surface area contributed by atoms with Gasteiger partial charge in [-0.2, -0.15) is 0 Å². The van der Waals surface area contributed by atoms with E-state index in [1.165, 1.54) is 4.90 Å². The average molecular weight is 313 g/mol. The van der Waals surface area contributed by atoms with Crippen LogP contribution in [0.1, 0.15) is 5.56 Å². The van der Waals surface area contributed by atoms with E-state index in [2.05, 4.69) is 27.8 Å². The van der Waals surface area contributed by atoms with Crippen LogP contribution < -0.4 is 5.32 Å². The first-order valence-corrected chi connectivity index (χ1v) is 6.45. The Morgan fingerprint density at radius 2 is 2.11 bits per heavy atom. The van der Waals surface area contributed by atoms with E-state index in [0.717, 1.165) is 10.0 Å². The van der Waals surface area contributed by atoms with Crippen molar-refractivity contribution in [2.24, 2.45) is 0 Å². The Morgan fingerprint density at radius 3 is 2.67 bits per heavy atom. The third-order valence-electron chi connectivity index (χ3n) is 2.36. The maximum atomic E-state index is 11.8. The predicted molar refractivity (Wildman–Crippen MR) is 75.2 cm³/mol. The number of rotatable bonds is 6. The number of carbonyl (C=O) groups excluding carboxylic acids is 1. The van der Waals surface area contributed by atoms with Crippen LogP contribution in [-0.2, 0) is 6.54 Å². The Balaban J connectivity index is 2.47. The van der Waals surface area contributed by atoms with Gasteiger partial charge in [-0.3, -0.25) is 0 Å². The summed E-state index contributed by atoms with van der Waals surface area (Å²) in [4.78, 5) is 13.3. The lowest BCUT2D eigenvalue weighted by molar-refractivity contribution is 0.183. The average Bonchev–Trinajstić information content (AvgIpc) is 2.37. The first-order valence-electron chi connectivity index (χ1n) is 5.66. The van der Waals surface area contributed by atoms with E-state index < -0.39 is 0 Å². The van der Waals surface area contributed by atoms with Crippen LogP contribution in [0.25, 0.3) is 0 Å². The number of urea groups is 1. The lowest BCUT2D eigenvalue weighted by atomic mass is 10.2. The Kier molecular flexibility index (Phi) is 6.46. The van der Waals surface area contributed by atoms with Crippen molar-refractivity contribution in [1.29, 1.82) is 0 Å². The van der Waals surface area contributed by atoms with Gasteiger partial charge in [-0.05, 0) is 17.7 Å². The van der Waals surface area contributed by atoms with E-state index >= 15 is 0 Å². The Hall–Kier alpha value is -1.33. The number of aliphatic hydroxyl groups is 1. The first kappa shape index (κ1) is 14.7. The van der Waals surface area contributed by atoms with Crippen molar-refractivity contribution in [3.8, 4) is 0 Å². The molecule has 0 aliphatic heterocycles. The first-order chi connectivity index (χ1) is 8.67. The van der Waals surface area contributed by atoms with Crippen molar-refractivity contribution in [2.75, 3.05) is 19.7 Å². The maximum absolute atomic E-state index is 11.8. The molecule has 98 valence electrons. The van der Waals surface area contributed by atoms with Crippen LogP contribution in [0.15, 0.2) is 41.4 Å². The normalized spacial score (nSPS) is 9.89. The molecule has 0 unspecified atom stereocenters. The van der Waals surface area contributed by atoms with Gasteiger partial charge in [-0.1, -0.05) is 34.1 Å². The number of hydrogen-bond donors (Lipinski definition) is 2. The minimum atomic E-state index is -0.202. The fourth-order valence-corrected chi connectivity index (χ4v) is 1.71. The number of benzene rings is 1. The maximum Gasteiger partial charge on any atom is 0.318 e. The van der Waals surface area contributed by atoms with Crippen LogP contribution in [0, 0.1) is 0 Å². The van der Waals surface area contributed by atoms with Crippen molar-refractivity contribution < 1.29 is 9.90 Å². The lowest BCUT2D eigenvalue weighted by Crippen LogP contribution is -2.41. The van der Waals surface area contributed by atoms with Crippen LogP contribution in [0.4, 0.5) is 4.79 Å². The number of carbonyl (C=O) groups is 1. The zero-order valence-corrected chi connectivity index (χ0v) is 11.7. The summed E-state index contributed by atoms with van der Waals surface area (Å²) in [6.45, 7) is 4.72. The molecule has 0 atom stereocenters. The highest BCUT2D eigenvalue weighted by molar-refractivity contribution is 9.10. The molecule has 0 aliphatic carbocycles. The molecular weight excluding hydrogens is 296 g/mol. The second kappa shape index (κ2) is 7.89. The molecule has 1 aromatic carbocycles. The van der Waals surface area contributed by atoms with Crippen molar-refractivity contribution in [3.05, 3.63) is 47.0 Å². The molecule has 1 aromatic rings.